The second-order valence-corrected chi connectivity index (χ2v) is 6.75. The molecule has 1 saturated heterocycles. The molecule has 1 fully saturated rings. The lowest BCUT2D eigenvalue weighted by molar-refractivity contribution is -0.137. The van der Waals surface area contributed by atoms with Crippen LogP contribution in [0.25, 0.3) is 0 Å². The molecule has 2 aromatic rings. The first-order chi connectivity index (χ1) is 14.3. The van der Waals surface area contributed by atoms with E-state index >= 15 is 0 Å². The van der Waals surface area contributed by atoms with Crippen molar-refractivity contribution >= 4 is 17.3 Å². The largest absolute Gasteiger partial charge is 0.497 e. The molecule has 0 aromatic heterocycles. The van der Waals surface area contributed by atoms with E-state index in [1.54, 1.807) is 24.3 Å². The Morgan fingerprint density at radius 3 is 2.33 bits per heavy atom. The van der Waals surface area contributed by atoms with E-state index < -0.39 is 23.8 Å². The Hall–Kier alpha value is -2.94. The van der Waals surface area contributed by atoms with Crippen LogP contribution in [0.15, 0.2) is 42.5 Å². The van der Waals surface area contributed by atoms with Crippen molar-refractivity contribution in [1.29, 1.82) is 0 Å². The van der Waals surface area contributed by atoms with Gasteiger partial charge in [0.25, 0.3) is 5.91 Å². The number of carbonyl (C=O) groups excluding carboxylic acids is 1. The number of benzene rings is 2. The van der Waals surface area contributed by atoms with Crippen LogP contribution in [0.5, 0.6) is 11.5 Å². The third kappa shape index (κ3) is 5.35. The lowest BCUT2D eigenvalue weighted by atomic mass is 10.1. The van der Waals surface area contributed by atoms with Crippen LogP contribution in [0.2, 0.25) is 0 Å². The van der Waals surface area contributed by atoms with Crippen molar-refractivity contribution in [2.75, 3.05) is 43.6 Å². The Bertz CT molecular complexity index is 866. The lowest BCUT2D eigenvalue weighted by Crippen LogP contribution is -2.37. The van der Waals surface area contributed by atoms with E-state index in [2.05, 4.69) is 5.32 Å². The number of rotatable bonds is 6. The SMILES string of the molecule is COc1ccc(OC(C)C(=O)Nc2cc(C(F)(F)F)ccc2N2CCOCC2)cc1. The molecule has 1 N–H and O–H groups in total. The summed E-state index contributed by atoms with van der Waals surface area (Å²) in [5, 5.41) is 2.59. The maximum absolute atomic E-state index is 13.2. The van der Waals surface area contributed by atoms with Crippen molar-refractivity contribution in [3.8, 4) is 11.5 Å². The highest BCUT2D eigenvalue weighted by molar-refractivity contribution is 5.97. The summed E-state index contributed by atoms with van der Waals surface area (Å²) in [6, 6.07) is 9.99. The van der Waals surface area contributed by atoms with E-state index in [1.165, 1.54) is 20.1 Å². The van der Waals surface area contributed by atoms with Crippen LogP contribution in [-0.2, 0) is 15.7 Å². The van der Waals surface area contributed by atoms with Gasteiger partial charge in [0.2, 0.25) is 0 Å². The zero-order chi connectivity index (χ0) is 21.7. The number of hydrogen-bond acceptors (Lipinski definition) is 5. The van der Waals surface area contributed by atoms with Gasteiger partial charge < -0.3 is 24.4 Å². The summed E-state index contributed by atoms with van der Waals surface area (Å²) in [4.78, 5) is 14.5. The molecule has 0 spiro atoms. The van der Waals surface area contributed by atoms with Crippen LogP contribution in [0.1, 0.15) is 12.5 Å². The molecule has 0 aliphatic carbocycles. The van der Waals surface area contributed by atoms with Crippen molar-refractivity contribution in [3.63, 3.8) is 0 Å². The molecule has 1 aliphatic heterocycles. The average molecular weight is 424 g/mol. The van der Waals surface area contributed by atoms with Gasteiger partial charge in [-0.1, -0.05) is 0 Å². The third-order valence-electron chi connectivity index (χ3n) is 4.68. The van der Waals surface area contributed by atoms with Gasteiger partial charge in [0, 0.05) is 13.1 Å². The van der Waals surface area contributed by atoms with Gasteiger partial charge in [0.05, 0.1) is 37.3 Å². The fourth-order valence-corrected chi connectivity index (χ4v) is 3.04. The number of alkyl halides is 3. The maximum Gasteiger partial charge on any atom is 0.416 e. The smallest absolute Gasteiger partial charge is 0.416 e. The summed E-state index contributed by atoms with van der Waals surface area (Å²) in [5.74, 6) is 0.522. The van der Waals surface area contributed by atoms with Crippen molar-refractivity contribution in [2.45, 2.75) is 19.2 Å². The number of nitrogens with one attached hydrogen (secondary N) is 1. The second-order valence-electron chi connectivity index (χ2n) is 6.75. The maximum atomic E-state index is 13.2. The molecule has 9 heteroatoms. The van der Waals surface area contributed by atoms with E-state index in [0.717, 1.165) is 12.1 Å². The molecule has 2 aromatic carbocycles. The molecule has 0 bridgehead atoms. The molecule has 3 rings (SSSR count). The Morgan fingerprint density at radius 1 is 1.10 bits per heavy atom. The first kappa shape index (κ1) is 21.8. The van der Waals surface area contributed by atoms with E-state index in [4.69, 9.17) is 14.2 Å². The Balaban J connectivity index is 1.78. The van der Waals surface area contributed by atoms with Crippen LogP contribution < -0.4 is 19.7 Å². The van der Waals surface area contributed by atoms with E-state index in [9.17, 15) is 18.0 Å². The lowest BCUT2D eigenvalue weighted by Gasteiger charge is -2.31. The number of nitrogens with zero attached hydrogens (tertiary/aromatic N) is 1. The van der Waals surface area contributed by atoms with Crippen LogP contribution in [0, 0.1) is 0 Å². The van der Waals surface area contributed by atoms with E-state index in [-0.39, 0.29) is 5.69 Å². The minimum absolute atomic E-state index is 0.0851. The van der Waals surface area contributed by atoms with E-state index in [1.807, 2.05) is 4.90 Å². The molecule has 1 atom stereocenters. The second kappa shape index (κ2) is 9.25. The van der Waals surface area contributed by atoms with Crippen molar-refractivity contribution in [1.82, 2.24) is 0 Å². The molecule has 1 aliphatic rings. The van der Waals surface area contributed by atoms with Gasteiger partial charge >= 0.3 is 6.18 Å². The normalized spacial score (nSPS) is 15.4. The molecular weight excluding hydrogens is 401 g/mol. The summed E-state index contributed by atoms with van der Waals surface area (Å²) >= 11 is 0. The van der Waals surface area contributed by atoms with Gasteiger partial charge in [-0.05, 0) is 49.4 Å². The van der Waals surface area contributed by atoms with Crippen LogP contribution >= 0.6 is 0 Å². The fourth-order valence-electron chi connectivity index (χ4n) is 3.04. The Labute approximate surface area is 172 Å². The molecule has 6 nitrogen and oxygen atoms in total. The minimum atomic E-state index is -4.52. The molecule has 0 radical (unpaired) electrons. The van der Waals surface area contributed by atoms with Gasteiger partial charge in [0.1, 0.15) is 11.5 Å². The number of hydrogen-bond donors (Lipinski definition) is 1. The fraction of sp³-hybridized carbons (Fsp3) is 0.381. The zero-order valence-electron chi connectivity index (χ0n) is 16.7. The standard InChI is InChI=1S/C21H23F3N2O4/c1-14(30-17-6-4-16(28-2)5-7-17)20(27)25-18-13-15(21(22,23)24)3-8-19(18)26-9-11-29-12-10-26/h3-8,13-14H,9-12H2,1-2H3,(H,25,27). The van der Waals surface area contributed by atoms with Gasteiger partial charge in [-0.15, -0.1) is 0 Å². The number of anilines is 2. The third-order valence-corrected chi connectivity index (χ3v) is 4.68. The van der Waals surface area contributed by atoms with Gasteiger partial charge in [0.15, 0.2) is 6.10 Å². The van der Waals surface area contributed by atoms with Crippen LogP contribution in [-0.4, -0.2) is 45.4 Å². The summed E-state index contributed by atoms with van der Waals surface area (Å²) in [6.07, 6.45) is -5.45. The van der Waals surface area contributed by atoms with Gasteiger partial charge in [-0.2, -0.15) is 13.2 Å². The monoisotopic (exact) mass is 424 g/mol. The summed E-state index contributed by atoms with van der Waals surface area (Å²) in [7, 11) is 1.53. The van der Waals surface area contributed by atoms with E-state index in [0.29, 0.717) is 43.5 Å². The minimum Gasteiger partial charge on any atom is -0.497 e. The van der Waals surface area contributed by atoms with Crippen molar-refractivity contribution in [2.24, 2.45) is 0 Å². The summed E-state index contributed by atoms with van der Waals surface area (Å²) < 4.78 is 55.6. The number of amides is 1. The quantitative estimate of drug-likeness (QED) is 0.761. The molecule has 0 saturated carbocycles. The highest BCUT2D eigenvalue weighted by Gasteiger charge is 2.32. The number of halogens is 3. The molecule has 30 heavy (non-hydrogen) atoms. The highest BCUT2D eigenvalue weighted by Crippen LogP contribution is 2.36. The van der Waals surface area contributed by atoms with Crippen LogP contribution in [0.4, 0.5) is 24.5 Å². The Kier molecular flexibility index (Phi) is 6.71. The Morgan fingerprint density at radius 2 is 1.73 bits per heavy atom. The number of methoxy groups -OCH3 is 1. The number of morpholine rings is 1. The zero-order valence-corrected chi connectivity index (χ0v) is 16.7. The first-order valence-electron chi connectivity index (χ1n) is 9.43. The van der Waals surface area contributed by atoms with Crippen LogP contribution in [0.3, 0.4) is 0 Å². The molecule has 162 valence electrons. The molecule has 1 amide bonds. The first-order valence-corrected chi connectivity index (χ1v) is 9.43. The topological polar surface area (TPSA) is 60.0 Å². The molecule has 1 unspecified atom stereocenters. The van der Waals surface area contributed by atoms with Gasteiger partial charge in [-0.3, -0.25) is 4.79 Å². The van der Waals surface area contributed by atoms with Gasteiger partial charge in [-0.25, -0.2) is 0 Å². The number of carbonyl (C=O) groups is 1. The van der Waals surface area contributed by atoms with Crippen molar-refractivity contribution < 1.29 is 32.2 Å². The predicted molar refractivity (Wildman–Crippen MR) is 106 cm³/mol. The summed E-state index contributed by atoms with van der Waals surface area (Å²) in [6.45, 7) is 3.50. The summed E-state index contributed by atoms with van der Waals surface area (Å²) in [5.41, 5.74) is -0.239. The average Bonchev–Trinajstić information content (AvgIpc) is 2.74. The number of ether oxygens (including phenoxy) is 3. The predicted octanol–water partition coefficient (Wildman–Crippen LogP) is 3.96. The highest BCUT2D eigenvalue weighted by atomic mass is 19.4. The molecule has 1 heterocycles. The van der Waals surface area contributed by atoms with Crippen molar-refractivity contribution in [3.05, 3.63) is 48.0 Å². The molecular formula is C21H23F3N2O4.